The number of aliphatic hydroxyl groups is 1. The summed E-state index contributed by atoms with van der Waals surface area (Å²) in [5.41, 5.74) is 6.39. The second kappa shape index (κ2) is 8.30. The van der Waals surface area contributed by atoms with Crippen LogP contribution in [0, 0.1) is 0 Å². The Kier molecular flexibility index (Phi) is 6.39. The average molecular weight is 443 g/mol. The first kappa shape index (κ1) is 21.6. The standard InChI is InChI=1S/C20H24Cl2N2O3S/c1-20(10-5-11-20)24(13-18(25)19(23)14-6-3-2-4-7-14)28(26,27)15-8-9-16(21)17(22)12-15/h2-4,6-9,12,18-19,25H,5,10-11,13,23H2,1H3/t18-,19-/m0/s1. The number of aliphatic hydroxyl groups excluding tert-OH is 1. The van der Waals surface area contributed by atoms with E-state index in [2.05, 4.69) is 0 Å². The van der Waals surface area contributed by atoms with Gasteiger partial charge in [-0.2, -0.15) is 4.31 Å². The molecule has 2 atom stereocenters. The maximum Gasteiger partial charge on any atom is 0.243 e. The fraction of sp³-hybridized carbons (Fsp3) is 0.400. The maximum absolute atomic E-state index is 13.4. The van der Waals surface area contributed by atoms with Crippen LogP contribution in [0.2, 0.25) is 10.0 Å². The van der Waals surface area contributed by atoms with Gasteiger partial charge in [0, 0.05) is 12.1 Å². The lowest BCUT2D eigenvalue weighted by Gasteiger charge is -2.47. The molecule has 3 rings (SSSR count). The van der Waals surface area contributed by atoms with Crippen molar-refractivity contribution in [2.45, 2.75) is 48.8 Å². The van der Waals surface area contributed by atoms with E-state index >= 15 is 0 Å². The fourth-order valence-corrected chi connectivity index (χ4v) is 5.73. The number of nitrogens with zero attached hydrogens (tertiary/aromatic N) is 1. The molecule has 0 bridgehead atoms. The molecule has 0 saturated heterocycles. The molecule has 0 aliphatic heterocycles. The first-order valence-electron chi connectivity index (χ1n) is 9.12. The molecule has 0 aromatic heterocycles. The van der Waals surface area contributed by atoms with E-state index in [1.165, 1.54) is 22.5 Å². The Hall–Kier alpha value is -1.15. The summed E-state index contributed by atoms with van der Waals surface area (Å²) < 4.78 is 28.2. The molecule has 152 valence electrons. The van der Waals surface area contributed by atoms with Gasteiger partial charge in [0.25, 0.3) is 0 Å². The number of hydrogen-bond acceptors (Lipinski definition) is 4. The molecule has 0 amide bonds. The van der Waals surface area contributed by atoms with E-state index in [-0.39, 0.29) is 21.5 Å². The van der Waals surface area contributed by atoms with Crippen LogP contribution < -0.4 is 5.73 Å². The lowest BCUT2D eigenvalue weighted by Crippen LogP contribution is -2.57. The molecule has 0 unspecified atom stereocenters. The molecule has 3 N–H and O–H groups in total. The van der Waals surface area contributed by atoms with Crippen LogP contribution in [0.3, 0.4) is 0 Å². The monoisotopic (exact) mass is 442 g/mol. The molecule has 1 fully saturated rings. The van der Waals surface area contributed by atoms with Crippen LogP contribution in [0.4, 0.5) is 0 Å². The molecule has 0 spiro atoms. The van der Waals surface area contributed by atoms with Gasteiger partial charge in [0.15, 0.2) is 0 Å². The summed E-state index contributed by atoms with van der Waals surface area (Å²) in [7, 11) is -3.89. The SMILES string of the molecule is CC1(N(C[C@H](O)[C@@H](N)c2ccccc2)S(=O)(=O)c2ccc(Cl)c(Cl)c2)CCC1. The van der Waals surface area contributed by atoms with Gasteiger partial charge < -0.3 is 10.8 Å². The van der Waals surface area contributed by atoms with Gasteiger partial charge in [0.2, 0.25) is 10.0 Å². The minimum absolute atomic E-state index is 0.0514. The van der Waals surface area contributed by atoms with E-state index in [1.807, 2.05) is 37.3 Å². The summed E-state index contributed by atoms with van der Waals surface area (Å²) in [5, 5.41) is 11.2. The minimum atomic E-state index is -3.89. The molecule has 5 nitrogen and oxygen atoms in total. The molecule has 28 heavy (non-hydrogen) atoms. The van der Waals surface area contributed by atoms with Gasteiger partial charge in [-0.3, -0.25) is 0 Å². The van der Waals surface area contributed by atoms with E-state index < -0.39 is 27.7 Å². The van der Waals surface area contributed by atoms with E-state index in [0.29, 0.717) is 0 Å². The summed E-state index contributed by atoms with van der Waals surface area (Å²) in [4.78, 5) is 0.0514. The van der Waals surface area contributed by atoms with Crippen molar-refractivity contribution in [3.63, 3.8) is 0 Å². The van der Waals surface area contributed by atoms with Crippen LogP contribution >= 0.6 is 23.2 Å². The Morgan fingerprint density at radius 2 is 1.79 bits per heavy atom. The lowest BCUT2D eigenvalue weighted by molar-refractivity contribution is 0.0475. The van der Waals surface area contributed by atoms with Crippen molar-refractivity contribution < 1.29 is 13.5 Å². The molecule has 1 aliphatic carbocycles. The highest BCUT2D eigenvalue weighted by Gasteiger charge is 2.46. The highest BCUT2D eigenvalue weighted by atomic mass is 35.5. The van der Waals surface area contributed by atoms with Crippen LogP contribution in [0.15, 0.2) is 53.4 Å². The van der Waals surface area contributed by atoms with Crippen molar-refractivity contribution in [3.8, 4) is 0 Å². The summed E-state index contributed by atoms with van der Waals surface area (Å²) in [5.74, 6) is 0. The van der Waals surface area contributed by atoms with E-state index in [0.717, 1.165) is 24.8 Å². The van der Waals surface area contributed by atoms with Gasteiger partial charge in [0.1, 0.15) is 0 Å². The van der Waals surface area contributed by atoms with Gasteiger partial charge in [0.05, 0.1) is 27.1 Å². The summed E-state index contributed by atoms with van der Waals surface area (Å²) >= 11 is 12.0. The zero-order valence-electron chi connectivity index (χ0n) is 15.6. The first-order chi connectivity index (χ1) is 13.1. The normalized spacial score (nSPS) is 18.5. The highest BCUT2D eigenvalue weighted by molar-refractivity contribution is 7.89. The summed E-state index contributed by atoms with van der Waals surface area (Å²) in [6.07, 6.45) is 1.32. The zero-order chi connectivity index (χ0) is 20.5. The van der Waals surface area contributed by atoms with Gasteiger partial charge in [-0.1, -0.05) is 53.5 Å². The van der Waals surface area contributed by atoms with Crippen LogP contribution in [-0.2, 0) is 10.0 Å². The highest BCUT2D eigenvalue weighted by Crippen LogP contribution is 2.41. The third-order valence-electron chi connectivity index (χ3n) is 5.46. The minimum Gasteiger partial charge on any atom is -0.390 e. The molecular formula is C20H24Cl2N2O3S. The maximum atomic E-state index is 13.4. The zero-order valence-corrected chi connectivity index (χ0v) is 17.9. The quantitative estimate of drug-likeness (QED) is 0.678. The molecule has 2 aromatic carbocycles. The Morgan fingerprint density at radius 1 is 1.14 bits per heavy atom. The van der Waals surface area contributed by atoms with Gasteiger partial charge in [-0.05, 0) is 49.9 Å². The van der Waals surface area contributed by atoms with Gasteiger partial charge in [-0.25, -0.2) is 8.42 Å². The molecule has 0 radical (unpaired) electrons. The van der Waals surface area contributed by atoms with Crippen molar-refractivity contribution in [3.05, 3.63) is 64.1 Å². The van der Waals surface area contributed by atoms with Crippen LogP contribution in [0.25, 0.3) is 0 Å². The van der Waals surface area contributed by atoms with Gasteiger partial charge in [-0.15, -0.1) is 0 Å². The average Bonchev–Trinajstić information content (AvgIpc) is 2.66. The number of sulfonamides is 1. The van der Waals surface area contributed by atoms with Crippen LogP contribution in [0.5, 0.6) is 0 Å². The Balaban J connectivity index is 1.92. The number of benzene rings is 2. The molecule has 1 saturated carbocycles. The molecule has 0 heterocycles. The number of rotatable bonds is 7. The first-order valence-corrected chi connectivity index (χ1v) is 11.3. The molecule has 2 aromatic rings. The van der Waals surface area contributed by atoms with E-state index in [1.54, 1.807) is 0 Å². The third-order valence-corrected chi connectivity index (χ3v) is 8.22. The Morgan fingerprint density at radius 3 is 2.32 bits per heavy atom. The molecule has 8 heteroatoms. The largest absolute Gasteiger partial charge is 0.390 e. The fourth-order valence-electron chi connectivity index (χ4n) is 3.49. The topological polar surface area (TPSA) is 83.6 Å². The summed E-state index contributed by atoms with van der Waals surface area (Å²) in [6, 6.07) is 12.7. The second-order valence-corrected chi connectivity index (χ2v) is 10.1. The van der Waals surface area contributed by atoms with Crippen LogP contribution in [-0.4, -0.2) is 36.0 Å². The Bertz CT molecular complexity index is 934. The number of halogens is 2. The van der Waals surface area contributed by atoms with Crippen LogP contribution in [0.1, 0.15) is 37.8 Å². The smallest absolute Gasteiger partial charge is 0.243 e. The summed E-state index contributed by atoms with van der Waals surface area (Å²) in [6.45, 7) is 1.79. The van der Waals surface area contributed by atoms with Crippen molar-refractivity contribution >= 4 is 33.2 Å². The van der Waals surface area contributed by atoms with E-state index in [4.69, 9.17) is 28.9 Å². The number of hydrogen-bond donors (Lipinski definition) is 2. The number of nitrogens with two attached hydrogens (primary N) is 1. The predicted octanol–water partition coefficient (Wildman–Crippen LogP) is 3.99. The van der Waals surface area contributed by atoms with Crippen molar-refractivity contribution in [2.24, 2.45) is 5.73 Å². The molecule has 1 aliphatic rings. The van der Waals surface area contributed by atoms with Crippen molar-refractivity contribution in [1.82, 2.24) is 4.31 Å². The van der Waals surface area contributed by atoms with Crippen molar-refractivity contribution in [2.75, 3.05) is 6.54 Å². The predicted molar refractivity (Wildman–Crippen MR) is 112 cm³/mol. The lowest BCUT2D eigenvalue weighted by atomic mass is 9.78. The number of β-amino-alcohol motifs (C(OH)–C–C–N with tert-alkyl or cyclic N) is 1. The molecular weight excluding hydrogens is 419 g/mol. The second-order valence-electron chi connectivity index (χ2n) is 7.47. The van der Waals surface area contributed by atoms with E-state index in [9.17, 15) is 13.5 Å². The Labute approximate surface area is 176 Å². The van der Waals surface area contributed by atoms with Gasteiger partial charge >= 0.3 is 0 Å². The van der Waals surface area contributed by atoms with Crippen molar-refractivity contribution in [1.29, 1.82) is 0 Å². The third kappa shape index (κ3) is 4.22.